The highest BCUT2D eigenvalue weighted by atomic mass is 79.9. The van der Waals surface area contributed by atoms with Gasteiger partial charge >= 0.3 is 0 Å². The summed E-state index contributed by atoms with van der Waals surface area (Å²) in [6.07, 6.45) is 1.22. The normalized spacial score (nSPS) is 13.5. The molecular weight excluding hydrogens is 326 g/mol. The van der Waals surface area contributed by atoms with Crippen molar-refractivity contribution in [3.8, 4) is 0 Å². The molecular formula is C11H15BrClNO2S. The lowest BCUT2D eigenvalue weighted by Crippen LogP contribution is -2.25. The van der Waals surface area contributed by atoms with Crippen LogP contribution in [0, 0.1) is 6.92 Å². The number of benzene rings is 1. The van der Waals surface area contributed by atoms with E-state index in [-0.39, 0.29) is 11.8 Å². The number of halogens is 2. The van der Waals surface area contributed by atoms with Crippen molar-refractivity contribution in [1.82, 2.24) is 0 Å². The number of hydrogen-bond donors (Lipinski definition) is 1. The van der Waals surface area contributed by atoms with Crippen molar-refractivity contribution in [3.63, 3.8) is 0 Å². The van der Waals surface area contributed by atoms with Crippen LogP contribution >= 0.6 is 27.5 Å². The molecule has 17 heavy (non-hydrogen) atoms. The van der Waals surface area contributed by atoms with Gasteiger partial charge in [0.05, 0.1) is 11.4 Å². The molecule has 1 N–H and O–H groups in total. The highest BCUT2D eigenvalue weighted by Crippen LogP contribution is 2.29. The molecule has 3 nitrogen and oxygen atoms in total. The lowest BCUT2D eigenvalue weighted by atomic mass is 10.2. The molecule has 96 valence electrons. The fourth-order valence-electron chi connectivity index (χ4n) is 1.52. The molecule has 0 aliphatic heterocycles. The highest BCUT2D eigenvalue weighted by molar-refractivity contribution is 9.10. The number of sulfone groups is 1. The third-order valence-corrected chi connectivity index (χ3v) is 4.37. The molecule has 1 unspecified atom stereocenters. The maximum atomic E-state index is 11.2. The van der Waals surface area contributed by atoms with Gasteiger partial charge in [-0.05, 0) is 47.5 Å². The molecule has 0 saturated carbocycles. The molecule has 0 radical (unpaired) electrons. The molecule has 0 spiro atoms. The van der Waals surface area contributed by atoms with Crippen molar-refractivity contribution >= 4 is 43.1 Å². The van der Waals surface area contributed by atoms with Gasteiger partial charge in [-0.1, -0.05) is 11.6 Å². The van der Waals surface area contributed by atoms with Crippen molar-refractivity contribution < 1.29 is 8.42 Å². The van der Waals surface area contributed by atoms with Crippen LogP contribution in [0.3, 0.4) is 0 Å². The number of nitrogens with one attached hydrogen (secondary N) is 1. The Hall–Kier alpha value is -0.260. The van der Waals surface area contributed by atoms with Crippen LogP contribution in [0.4, 0.5) is 5.69 Å². The Bertz CT molecular complexity index is 516. The molecule has 0 amide bonds. The van der Waals surface area contributed by atoms with E-state index in [9.17, 15) is 8.42 Å². The Morgan fingerprint density at radius 2 is 2.06 bits per heavy atom. The van der Waals surface area contributed by atoms with E-state index in [1.807, 2.05) is 19.9 Å². The van der Waals surface area contributed by atoms with Gasteiger partial charge in [0.25, 0.3) is 0 Å². The standard InChI is InChI=1S/C11H15BrClNO2S/c1-7-4-9(12)11(5-10(7)13)14-8(2)6-17(3,15)16/h4-5,8,14H,6H2,1-3H3. The zero-order valence-electron chi connectivity index (χ0n) is 9.92. The first-order valence-electron chi connectivity index (χ1n) is 5.09. The van der Waals surface area contributed by atoms with E-state index < -0.39 is 9.84 Å². The summed E-state index contributed by atoms with van der Waals surface area (Å²) in [5.74, 6) is 0.0882. The predicted molar refractivity (Wildman–Crippen MR) is 76.7 cm³/mol. The van der Waals surface area contributed by atoms with E-state index in [0.29, 0.717) is 5.02 Å². The second kappa shape index (κ2) is 5.59. The van der Waals surface area contributed by atoms with E-state index >= 15 is 0 Å². The molecule has 1 rings (SSSR count). The Labute approximate surface area is 116 Å². The van der Waals surface area contributed by atoms with Crippen LogP contribution in [0.2, 0.25) is 5.02 Å². The van der Waals surface area contributed by atoms with Crippen molar-refractivity contribution in [2.24, 2.45) is 0 Å². The van der Waals surface area contributed by atoms with E-state index in [4.69, 9.17) is 11.6 Å². The minimum absolute atomic E-state index is 0.0882. The van der Waals surface area contributed by atoms with Crippen molar-refractivity contribution in [2.75, 3.05) is 17.3 Å². The van der Waals surface area contributed by atoms with Gasteiger partial charge in [-0.2, -0.15) is 0 Å². The van der Waals surface area contributed by atoms with Gasteiger partial charge in [-0.25, -0.2) is 8.42 Å². The minimum atomic E-state index is -2.99. The summed E-state index contributed by atoms with van der Waals surface area (Å²) in [6.45, 7) is 3.73. The quantitative estimate of drug-likeness (QED) is 0.915. The topological polar surface area (TPSA) is 46.2 Å². The molecule has 0 heterocycles. The van der Waals surface area contributed by atoms with E-state index in [0.717, 1.165) is 15.7 Å². The number of hydrogen-bond acceptors (Lipinski definition) is 3. The molecule has 0 aliphatic rings. The van der Waals surface area contributed by atoms with Crippen LogP contribution in [-0.4, -0.2) is 26.5 Å². The van der Waals surface area contributed by atoms with E-state index in [2.05, 4.69) is 21.2 Å². The fraction of sp³-hybridized carbons (Fsp3) is 0.455. The molecule has 0 saturated heterocycles. The van der Waals surface area contributed by atoms with Crippen molar-refractivity contribution in [1.29, 1.82) is 0 Å². The maximum absolute atomic E-state index is 11.2. The molecule has 1 aromatic rings. The number of anilines is 1. The summed E-state index contributed by atoms with van der Waals surface area (Å²) in [7, 11) is -2.99. The summed E-state index contributed by atoms with van der Waals surface area (Å²) < 4.78 is 23.2. The Kier molecular flexibility index (Phi) is 4.86. The summed E-state index contributed by atoms with van der Waals surface area (Å²) in [5.41, 5.74) is 1.77. The SMILES string of the molecule is Cc1cc(Br)c(NC(C)CS(C)(=O)=O)cc1Cl. The summed E-state index contributed by atoms with van der Waals surface area (Å²) in [5, 5.41) is 3.78. The van der Waals surface area contributed by atoms with Crippen LogP contribution in [0.15, 0.2) is 16.6 Å². The second-order valence-electron chi connectivity index (χ2n) is 4.22. The van der Waals surface area contributed by atoms with Gasteiger partial charge in [0, 0.05) is 21.8 Å². The van der Waals surface area contributed by atoms with Gasteiger partial charge in [-0.3, -0.25) is 0 Å². The molecule has 1 aromatic carbocycles. The minimum Gasteiger partial charge on any atom is -0.381 e. The highest BCUT2D eigenvalue weighted by Gasteiger charge is 2.12. The average Bonchev–Trinajstić information content (AvgIpc) is 2.11. The molecule has 0 aromatic heterocycles. The van der Waals surface area contributed by atoms with Gasteiger partial charge in [-0.15, -0.1) is 0 Å². The molecule has 6 heteroatoms. The van der Waals surface area contributed by atoms with Gasteiger partial charge in [0.15, 0.2) is 0 Å². The van der Waals surface area contributed by atoms with Crippen LogP contribution in [0.1, 0.15) is 12.5 Å². The molecule has 1 atom stereocenters. The lowest BCUT2D eigenvalue weighted by Gasteiger charge is -2.16. The molecule has 0 aliphatic carbocycles. The van der Waals surface area contributed by atoms with Gasteiger partial charge in [0.2, 0.25) is 0 Å². The van der Waals surface area contributed by atoms with Crippen LogP contribution in [0.25, 0.3) is 0 Å². The van der Waals surface area contributed by atoms with Crippen LogP contribution in [0.5, 0.6) is 0 Å². The van der Waals surface area contributed by atoms with Gasteiger partial charge in [0.1, 0.15) is 9.84 Å². The van der Waals surface area contributed by atoms with E-state index in [1.165, 1.54) is 6.26 Å². The fourth-order valence-corrected chi connectivity index (χ4v) is 3.25. The molecule has 0 fully saturated rings. The zero-order chi connectivity index (χ0) is 13.2. The molecule has 0 bridgehead atoms. The van der Waals surface area contributed by atoms with Gasteiger partial charge < -0.3 is 5.32 Å². The monoisotopic (exact) mass is 339 g/mol. The number of aryl methyl sites for hydroxylation is 1. The Morgan fingerprint density at radius 3 is 2.59 bits per heavy atom. The third-order valence-electron chi connectivity index (χ3n) is 2.20. The summed E-state index contributed by atoms with van der Waals surface area (Å²) in [6, 6.07) is 3.53. The summed E-state index contributed by atoms with van der Waals surface area (Å²) in [4.78, 5) is 0. The first kappa shape index (κ1) is 14.8. The van der Waals surface area contributed by atoms with Crippen LogP contribution in [-0.2, 0) is 9.84 Å². The maximum Gasteiger partial charge on any atom is 0.149 e. The van der Waals surface area contributed by atoms with Crippen molar-refractivity contribution in [2.45, 2.75) is 19.9 Å². The predicted octanol–water partition coefficient (Wildman–Crippen LogP) is 3.26. The lowest BCUT2D eigenvalue weighted by molar-refractivity contribution is 0.598. The van der Waals surface area contributed by atoms with Crippen molar-refractivity contribution in [3.05, 3.63) is 27.2 Å². The number of rotatable bonds is 4. The Morgan fingerprint density at radius 1 is 1.47 bits per heavy atom. The Balaban J connectivity index is 2.85. The van der Waals surface area contributed by atoms with Crippen LogP contribution < -0.4 is 5.32 Å². The first-order chi connectivity index (χ1) is 7.69. The second-order valence-corrected chi connectivity index (χ2v) is 7.67. The average molecular weight is 341 g/mol. The largest absolute Gasteiger partial charge is 0.381 e. The zero-order valence-corrected chi connectivity index (χ0v) is 13.1. The van der Waals surface area contributed by atoms with E-state index in [1.54, 1.807) is 6.07 Å². The first-order valence-corrected chi connectivity index (χ1v) is 8.32. The summed E-state index contributed by atoms with van der Waals surface area (Å²) >= 11 is 9.44. The third kappa shape index (κ3) is 4.85. The smallest absolute Gasteiger partial charge is 0.149 e.